The second-order valence-corrected chi connectivity index (χ2v) is 10.9. The molecule has 2 amide bonds. The summed E-state index contributed by atoms with van der Waals surface area (Å²) in [7, 11) is 0. The van der Waals surface area contributed by atoms with Gasteiger partial charge in [0.05, 0.1) is 16.7 Å². The first kappa shape index (κ1) is 33.3. The number of carbonyl (C=O) groups excluding carboxylic acids is 4. The van der Waals surface area contributed by atoms with Crippen LogP contribution in [0.1, 0.15) is 42.9 Å². The first-order valence-corrected chi connectivity index (χ1v) is 15.5. The average Bonchev–Trinajstić information content (AvgIpc) is 3.47. The van der Waals surface area contributed by atoms with Crippen LogP contribution in [0.3, 0.4) is 0 Å². The van der Waals surface area contributed by atoms with E-state index in [4.69, 9.17) is 18.9 Å². The Morgan fingerprint density at radius 2 is 1.12 bits per heavy atom. The fraction of sp³-hybridized carbons (Fsp3) is 0.135. The summed E-state index contributed by atoms with van der Waals surface area (Å²) in [4.78, 5) is 69.8. The van der Waals surface area contributed by atoms with E-state index in [-0.39, 0.29) is 29.1 Å². The molecule has 2 N–H and O–H groups in total. The molecule has 0 aliphatic carbocycles. The smallest absolute Gasteiger partial charge is 0.351 e. The summed E-state index contributed by atoms with van der Waals surface area (Å²) in [5.41, 5.74) is 0.448. The van der Waals surface area contributed by atoms with Gasteiger partial charge in [-0.25, -0.2) is 24.0 Å². The van der Waals surface area contributed by atoms with Crippen molar-refractivity contribution in [2.45, 2.75) is 31.3 Å². The first-order valence-electron chi connectivity index (χ1n) is 15.5. The van der Waals surface area contributed by atoms with Gasteiger partial charge >= 0.3 is 29.6 Å². The lowest BCUT2D eigenvalue weighted by atomic mass is 10.1. The quantitative estimate of drug-likeness (QED) is 0.156. The summed E-state index contributed by atoms with van der Waals surface area (Å²) < 4.78 is 24.4. The van der Waals surface area contributed by atoms with Gasteiger partial charge in [-0.05, 0) is 48.0 Å². The molecule has 0 unspecified atom stereocenters. The summed E-state index contributed by atoms with van der Waals surface area (Å²) in [6, 6.07) is 34.0. The zero-order chi connectivity index (χ0) is 34.9. The standard InChI is InChI=1S/C37H30N4O9/c42-32(25-15-7-2-8-16-25)47-29-30(48-33(43)26-17-9-3-10-18-26)35(50-34(44)27-19-11-4-12-20-27)49-31(29)41-22-21-28(40-37(41)46)39-36(45)38-23-24-13-5-1-6-14-24/h1-22,29-31,35H,23H2,(H2,38,39,40,45,46)/t29-,30-,31+,35+/m0/s1. The van der Waals surface area contributed by atoms with Crippen LogP contribution < -0.4 is 16.3 Å². The van der Waals surface area contributed by atoms with Crippen LogP contribution in [0.2, 0.25) is 0 Å². The Morgan fingerprint density at radius 3 is 1.64 bits per heavy atom. The number of hydrogen-bond acceptors (Lipinski definition) is 10. The predicted octanol–water partition coefficient (Wildman–Crippen LogP) is 4.73. The number of benzene rings is 4. The number of hydrogen-bond donors (Lipinski definition) is 2. The topological polar surface area (TPSA) is 164 Å². The van der Waals surface area contributed by atoms with Crippen LogP contribution in [-0.4, -0.2) is 52.0 Å². The molecule has 0 bridgehead atoms. The molecule has 0 spiro atoms. The van der Waals surface area contributed by atoms with Gasteiger partial charge in [0.1, 0.15) is 5.82 Å². The zero-order valence-electron chi connectivity index (χ0n) is 26.3. The highest BCUT2D eigenvalue weighted by molar-refractivity contribution is 5.91. The average molecular weight is 675 g/mol. The van der Waals surface area contributed by atoms with Crippen LogP contribution in [0.4, 0.5) is 10.6 Å². The van der Waals surface area contributed by atoms with Gasteiger partial charge in [-0.15, -0.1) is 0 Å². The van der Waals surface area contributed by atoms with E-state index in [2.05, 4.69) is 15.6 Å². The number of amides is 2. The summed E-state index contributed by atoms with van der Waals surface area (Å²) in [5.74, 6) is -2.55. The molecule has 2 heterocycles. The number of anilines is 1. The minimum absolute atomic E-state index is 0.0771. The Bertz CT molecular complexity index is 2010. The van der Waals surface area contributed by atoms with Crippen molar-refractivity contribution in [2.75, 3.05) is 5.32 Å². The molecule has 1 aromatic heterocycles. The van der Waals surface area contributed by atoms with E-state index in [0.29, 0.717) is 0 Å². The summed E-state index contributed by atoms with van der Waals surface area (Å²) >= 11 is 0. The molecule has 1 aliphatic rings. The molecular weight excluding hydrogens is 644 g/mol. The van der Waals surface area contributed by atoms with E-state index in [1.54, 1.807) is 54.6 Å². The molecule has 50 heavy (non-hydrogen) atoms. The Kier molecular flexibility index (Phi) is 10.3. The van der Waals surface area contributed by atoms with E-state index in [1.165, 1.54) is 48.7 Å². The van der Waals surface area contributed by atoms with Crippen LogP contribution >= 0.6 is 0 Å². The molecule has 13 heteroatoms. The largest absolute Gasteiger partial charge is 0.450 e. The Balaban J connectivity index is 1.30. The Labute approximate surface area is 285 Å². The second kappa shape index (κ2) is 15.5. The van der Waals surface area contributed by atoms with Gasteiger partial charge in [-0.3, -0.25) is 9.88 Å². The van der Waals surface area contributed by atoms with Crippen LogP contribution in [-0.2, 0) is 25.5 Å². The lowest BCUT2D eigenvalue weighted by Gasteiger charge is -2.24. The normalized spacial score (nSPS) is 18.0. The van der Waals surface area contributed by atoms with E-state index in [1.807, 2.05) is 30.3 Å². The number of rotatable bonds is 10. The molecule has 4 atom stereocenters. The van der Waals surface area contributed by atoms with Crippen molar-refractivity contribution in [3.05, 3.63) is 166 Å². The summed E-state index contributed by atoms with van der Waals surface area (Å²) in [5, 5.41) is 5.18. The lowest BCUT2D eigenvalue weighted by molar-refractivity contribution is -0.149. The summed E-state index contributed by atoms with van der Waals surface area (Å²) in [6.45, 7) is 0.236. The number of urea groups is 1. The monoisotopic (exact) mass is 674 g/mol. The number of aromatic nitrogens is 2. The molecule has 1 saturated heterocycles. The van der Waals surface area contributed by atoms with Crippen molar-refractivity contribution in [1.29, 1.82) is 0 Å². The van der Waals surface area contributed by atoms with Crippen LogP contribution in [0, 0.1) is 0 Å². The van der Waals surface area contributed by atoms with Crippen LogP contribution in [0.25, 0.3) is 0 Å². The third-order valence-corrected chi connectivity index (χ3v) is 7.53. The molecule has 4 aromatic carbocycles. The SMILES string of the molecule is O=C(NCc1ccccc1)Nc1ccn([C@@H]2O[C@H](OC(=O)c3ccccc3)[C@@H](OC(=O)c3ccccc3)[C@@H]2OC(=O)c2ccccc2)c(=O)n1. The number of nitrogens with one attached hydrogen (secondary N) is 2. The van der Waals surface area contributed by atoms with Gasteiger partial charge < -0.3 is 24.3 Å². The van der Waals surface area contributed by atoms with Gasteiger partial charge in [-0.1, -0.05) is 84.9 Å². The molecule has 1 fully saturated rings. The van der Waals surface area contributed by atoms with Gasteiger partial charge in [0, 0.05) is 12.7 Å². The molecular formula is C37H30N4O9. The van der Waals surface area contributed by atoms with Gasteiger partial charge in [0.2, 0.25) is 12.4 Å². The minimum atomic E-state index is -1.64. The van der Waals surface area contributed by atoms with Gasteiger partial charge in [0.25, 0.3) is 0 Å². The Hall–Kier alpha value is -6.60. The molecule has 0 saturated carbocycles. The maximum atomic E-state index is 13.4. The van der Waals surface area contributed by atoms with Crippen LogP contribution in [0.5, 0.6) is 0 Å². The maximum Gasteiger partial charge on any atom is 0.351 e. The van der Waals surface area contributed by atoms with Crippen molar-refractivity contribution in [3.8, 4) is 0 Å². The van der Waals surface area contributed by atoms with E-state index in [0.717, 1.165) is 10.1 Å². The van der Waals surface area contributed by atoms with E-state index < -0.39 is 54.4 Å². The number of nitrogens with zero attached hydrogens (tertiary/aromatic N) is 2. The fourth-order valence-corrected chi connectivity index (χ4v) is 5.07. The fourth-order valence-electron chi connectivity index (χ4n) is 5.07. The van der Waals surface area contributed by atoms with Crippen molar-refractivity contribution >= 4 is 29.8 Å². The molecule has 1 aliphatic heterocycles. The molecule has 252 valence electrons. The van der Waals surface area contributed by atoms with Gasteiger partial charge in [0.15, 0.2) is 12.3 Å². The van der Waals surface area contributed by atoms with Crippen molar-refractivity contribution in [1.82, 2.24) is 14.9 Å². The van der Waals surface area contributed by atoms with E-state index >= 15 is 0 Å². The highest BCUT2D eigenvalue weighted by atomic mass is 16.8. The van der Waals surface area contributed by atoms with Crippen molar-refractivity contribution in [3.63, 3.8) is 0 Å². The number of ether oxygens (including phenoxy) is 4. The third kappa shape index (κ3) is 8.09. The van der Waals surface area contributed by atoms with Crippen molar-refractivity contribution < 1.29 is 38.1 Å². The highest BCUT2D eigenvalue weighted by Gasteiger charge is 2.53. The summed E-state index contributed by atoms with van der Waals surface area (Å²) in [6.07, 6.45) is -4.93. The van der Waals surface area contributed by atoms with Gasteiger partial charge in [-0.2, -0.15) is 4.98 Å². The Morgan fingerprint density at radius 1 is 0.640 bits per heavy atom. The van der Waals surface area contributed by atoms with Crippen molar-refractivity contribution in [2.24, 2.45) is 0 Å². The second-order valence-electron chi connectivity index (χ2n) is 10.9. The molecule has 5 aromatic rings. The molecule has 13 nitrogen and oxygen atoms in total. The number of carbonyl (C=O) groups is 4. The number of esters is 3. The zero-order valence-corrected chi connectivity index (χ0v) is 26.3. The van der Waals surface area contributed by atoms with Crippen LogP contribution in [0.15, 0.2) is 138 Å². The first-order chi connectivity index (χ1) is 24.4. The predicted molar refractivity (Wildman–Crippen MR) is 178 cm³/mol. The molecule has 6 rings (SSSR count). The lowest BCUT2D eigenvalue weighted by Crippen LogP contribution is -2.42. The molecule has 0 radical (unpaired) electrons. The highest BCUT2D eigenvalue weighted by Crippen LogP contribution is 2.35. The minimum Gasteiger partial charge on any atom is -0.450 e. The third-order valence-electron chi connectivity index (χ3n) is 7.53. The van der Waals surface area contributed by atoms with E-state index in [9.17, 15) is 24.0 Å². The maximum absolute atomic E-state index is 13.4.